The minimum atomic E-state index is -3.91. The maximum atomic E-state index is 12.9. The molecule has 0 radical (unpaired) electrons. The fourth-order valence-electron chi connectivity index (χ4n) is 2.67. The zero-order valence-electron chi connectivity index (χ0n) is 15.5. The van der Waals surface area contributed by atoms with Crippen molar-refractivity contribution in [2.45, 2.75) is 10.9 Å². The van der Waals surface area contributed by atoms with Crippen LogP contribution in [0.4, 0.5) is 0 Å². The normalized spacial score (nSPS) is 12.6. The Morgan fingerprint density at radius 2 is 1.79 bits per heavy atom. The van der Waals surface area contributed by atoms with E-state index in [0.717, 1.165) is 0 Å². The van der Waals surface area contributed by atoms with Crippen LogP contribution in [0.5, 0.6) is 11.5 Å². The highest BCUT2D eigenvalue weighted by Gasteiger charge is 2.27. The molecule has 3 rings (SSSR count). The molecule has 0 fully saturated rings. The number of aromatic nitrogens is 3. The summed E-state index contributed by atoms with van der Waals surface area (Å²) in [6.45, 7) is 0. The van der Waals surface area contributed by atoms with E-state index in [2.05, 4.69) is 14.7 Å². The van der Waals surface area contributed by atoms with Gasteiger partial charge in [-0.3, -0.25) is 0 Å². The third-order valence-electron chi connectivity index (χ3n) is 4.11. The van der Waals surface area contributed by atoms with Gasteiger partial charge in [0, 0.05) is 31.7 Å². The van der Waals surface area contributed by atoms with E-state index in [1.54, 1.807) is 42.2 Å². The number of hydrogen-bond donors (Lipinski definition) is 1. The number of nitrogens with zero attached hydrogens (tertiary/aromatic N) is 3. The SMILES string of the molecule is COc1cc(OC)cc(C(NS(=O)(=O)c2ccc(Cl)nc2)c2nccn2C)c1. The standard InChI is InChI=1S/C18H19ClN4O4S/c1-23-7-6-20-18(23)17(12-8-13(26-2)10-14(9-12)27-3)22-28(24,25)15-4-5-16(19)21-11-15/h4-11,17,22H,1-3H3. The number of sulfonamides is 1. The van der Waals surface area contributed by atoms with Crippen molar-refractivity contribution in [3.63, 3.8) is 0 Å². The molecule has 0 saturated carbocycles. The van der Waals surface area contributed by atoms with Gasteiger partial charge in [-0.15, -0.1) is 0 Å². The van der Waals surface area contributed by atoms with Crippen LogP contribution in [0, 0.1) is 0 Å². The van der Waals surface area contributed by atoms with Crippen LogP contribution in [-0.2, 0) is 17.1 Å². The smallest absolute Gasteiger partial charge is 0.243 e. The minimum Gasteiger partial charge on any atom is -0.497 e. The van der Waals surface area contributed by atoms with Crippen molar-refractivity contribution in [1.82, 2.24) is 19.3 Å². The lowest BCUT2D eigenvalue weighted by Gasteiger charge is -2.20. The Bertz CT molecular complexity index is 1050. The molecule has 0 saturated heterocycles. The first-order chi connectivity index (χ1) is 13.3. The number of hydrogen-bond acceptors (Lipinski definition) is 6. The lowest BCUT2D eigenvalue weighted by Crippen LogP contribution is -2.31. The zero-order valence-corrected chi connectivity index (χ0v) is 17.0. The lowest BCUT2D eigenvalue weighted by atomic mass is 10.1. The second-order valence-electron chi connectivity index (χ2n) is 5.91. The van der Waals surface area contributed by atoms with Gasteiger partial charge >= 0.3 is 0 Å². The molecular weight excluding hydrogens is 404 g/mol. The van der Waals surface area contributed by atoms with Gasteiger partial charge in [0.15, 0.2) is 0 Å². The summed E-state index contributed by atoms with van der Waals surface area (Å²) in [5.74, 6) is 1.56. The molecule has 0 aliphatic rings. The number of methoxy groups -OCH3 is 2. The summed E-state index contributed by atoms with van der Waals surface area (Å²) in [6, 6.07) is 7.18. The summed E-state index contributed by atoms with van der Waals surface area (Å²) in [5, 5.41) is 0.206. The molecule has 3 aromatic rings. The van der Waals surface area contributed by atoms with E-state index in [4.69, 9.17) is 21.1 Å². The molecule has 1 aromatic carbocycles. The molecule has 28 heavy (non-hydrogen) atoms. The largest absolute Gasteiger partial charge is 0.497 e. The maximum Gasteiger partial charge on any atom is 0.243 e. The van der Waals surface area contributed by atoms with Gasteiger partial charge in [-0.25, -0.2) is 18.4 Å². The van der Waals surface area contributed by atoms with Gasteiger partial charge in [-0.1, -0.05) is 11.6 Å². The van der Waals surface area contributed by atoms with Crippen LogP contribution in [0.2, 0.25) is 5.15 Å². The van der Waals surface area contributed by atoms with Crippen molar-refractivity contribution in [3.05, 3.63) is 65.5 Å². The average Bonchev–Trinajstić information content (AvgIpc) is 3.11. The van der Waals surface area contributed by atoms with E-state index in [1.165, 1.54) is 32.5 Å². The topological polar surface area (TPSA) is 95.3 Å². The first-order valence-electron chi connectivity index (χ1n) is 8.18. The molecular formula is C18H19ClN4O4S. The lowest BCUT2D eigenvalue weighted by molar-refractivity contribution is 0.392. The van der Waals surface area contributed by atoms with Crippen LogP contribution in [0.25, 0.3) is 0 Å². The van der Waals surface area contributed by atoms with E-state index in [-0.39, 0.29) is 10.0 Å². The molecule has 0 bridgehead atoms. The number of imidazole rings is 1. The quantitative estimate of drug-likeness (QED) is 0.588. The molecule has 8 nitrogen and oxygen atoms in total. The number of nitrogens with one attached hydrogen (secondary N) is 1. The second kappa shape index (κ2) is 8.17. The number of halogens is 1. The van der Waals surface area contributed by atoms with Gasteiger partial charge in [-0.05, 0) is 29.8 Å². The predicted molar refractivity (Wildman–Crippen MR) is 104 cm³/mol. The van der Waals surface area contributed by atoms with Crippen molar-refractivity contribution in [3.8, 4) is 11.5 Å². The van der Waals surface area contributed by atoms with Gasteiger partial charge in [-0.2, -0.15) is 4.72 Å². The van der Waals surface area contributed by atoms with Crippen LogP contribution < -0.4 is 14.2 Å². The van der Waals surface area contributed by atoms with E-state index in [9.17, 15) is 8.42 Å². The number of ether oxygens (including phenoxy) is 2. The first kappa shape index (κ1) is 20.1. The first-order valence-corrected chi connectivity index (χ1v) is 10.0. The van der Waals surface area contributed by atoms with Gasteiger partial charge in [0.1, 0.15) is 33.4 Å². The highest BCUT2D eigenvalue weighted by atomic mass is 35.5. The fraction of sp³-hybridized carbons (Fsp3) is 0.222. The molecule has 0 aliphatic carbocycles. The van der Waals surface area contributed by atoms with Crippen LogP contribution in [0.1, 0.15) is 17.4 Å². The molecule has 2 heterocycles. The molecule has 0 spiro atoms. The second-order valence-corrected chi connectivity index (χ2v) is 8.01. The van der Waals surface area contributed by atoms with Gasteiger partial charge in [0.2, 0.25) is 10.0 Å². The Kier molecular flexibility index (Phi) is 5.87. The Hall–Kier alpha value is -2.62. The summed E-state index contributed by atoms with van der Waals surface area (Å²) in [6.07, 6.45) is 4.53. The van der Waals surface area contributed by atoms with Crippen molar-refractivity contribution in [1.29, 1.82) is 0 Å². The molecule has 0 amide bonds. The minimum absolute atomic E-state index is 0.00836. The Balaban J connectivity index is 2.09. The van der Waals surface area contributed by atoms with Gasteiger partial charge < -0.3 is 14.0 Å². The Morgan fingerprint density at radius 1 is 1.11 bits per heavy atom. The molecule has 2 aromatic heterocycles. The highest BCUT2D eigenvalue weighted by Crippen LogP contribution is 2.30. The monoisotopic (exact) mass is 422 g/mol. The number of pyridine rings is 1. The van der Waals surface area contributed by atoms with Gasteiger partial charge in [0.05, 0.1) is 14.2 Å². The molecule has 10 heteroatoms. The average molecular weight is 423 g/mol. The predicted octanol–water partition coefficient (Wildman–Crippen LogP) is 2.55. The van der Waals surface area contributed by atoms with Crippen molar-refractivity contribution < 1.29 is 17.9 Å². The Labute approximate surface area is 168 Å². The summed E-state index contributed by atoms with van der Waals surface area (Å²) in [5.41, 5.74) is 0.607. The summed E-state index contributed by atoms with van der Waals surface area (Å²) in [7, 11) is 0.922. The highest BCUT2D eigenvalue weighted by molar-refractivity contribution is 7.89. The summed E-state index contributed by atoms with van der Waals surface area (Å²) < 4.78 is 40.9. The van der Waals surface area contributed by atoms with E-state index >= 15 is 0 Å². The van der Waals surface area contributed by atoms with Crippen LogP contribution >= 0.6 is 11.6 Å². The van der Waals surface area contributed by atoms with E-state index in [0.29, 0.717) is 22.9 Å². The van der Waals surface area contributed by atoms with Crippen molar-refractivity contribution in [2.24, 2.45) is 7.05 Å². The maximum absolute atomic E-state index is 12.9. The van der Waals surface area contributed by atoms with E-state index < -0.39 is 16.1 Å². The van der Waals surface area contributed by atoms with Crippen molar-refractivity contribution in [2.75, 3.05) is 14.2 Å². The summed E-state index contributed by atoms with van der Waals surface area (Å²) >= 11 is 5.76. The third-order valence-corrected chi connectivity index (χ3v) is 5.74. The number of benzene rings is 1. The molecule has 1 unspecified atom stereocenters. The van der Waals surface area contributed by atoms with E-state index in [1.807, 2.05) is 0 Å². The summed E-state index contributed by atoms with van der Waals surface area (Å²) in [4.78, 5) is 8.15. The molecule has 1 N–H and O–H groups in total. The molecule has 148 valence electrons. The van der Waals surface area contributed by atoms with Crippen LogP contribution in [-0.4, -0.2) is 37.2 Å². The van der Waals surface area contributed by atoms with Crippen LogP contribution in [0.3, 0.4) is 0 Å². The number of aryl methyl sites for hydroxylation is 1. The third kappa shape index (κ3) is 4.27. The zero-order chi connectivity index (χ0) is 20.3. The number of rotatable bonds is 7. The van der Waals surface area contributed by atoms with Crippen molar-refractivity contribution >= 4 is 21.6 Å². The van der Waals surface area contributed by atoms with Gasteiger partial charge in [0.25, 0.3) is 0 Å². The Morgan fingerprint density at radius 3 is 2.29 bits per heavy atom. The van der Waals surface area contributed by atoms with Crippen LogP contribution in [0.15, 0.2) is 53.8 Å². The molecule has 1 atom stereocenters. The fourth-order valence-corrected chi connectivity index (χ4v) is 3.90. The molecule has 0 aliphatic heterocycles.